The van der Waals surface area contributed by atoms with Crippen LogP contribution in [-0.4, -0.2) is 25.2 Å². The van der Waals surface area contributed by atoms with E-state index >= 15 is 0 Å². The molecular weight excluding hydrogens is 292 g/mol. The van der Waals surface area contributed by atoms with E-state index in [-0.39, 0.29) is 0 Å². The Morgan fingerprint density at radius 1 is 1.10 bits per heavy atom. The number of esters is 1. The topological polar surface area (TPSA) is 86.5 Å². The van der Waals surface area contributed by atoms with E-state index in [1.54, 1.807) is 0 Å². The molecule has 0 saturated heterocycles. The molecule has 0 spiro atoms. The van der Waals surface area contributed by atoms with Crippen molar-refractivity contribution in [3.63, 3.8) is 0 Å². The van der Waals surface area contributed by atoms with Crippen LogP contribution in [-0.2, 0) is 19.6 Å². The Kier molecular flexibility index (Phi) is 2.93. The molecule has 4 rings (SSSR count). The Balaban J connectivity index is 1.80. The van der Waals surface area contributed by atoms with Crippen LogP contribution in [0.1, 0.15) is 38.5 Å². The van der Waals surface area contributed by atoms with Crippen molar-refractivity contribution in [2.24, 2.45) is 22.9 Å². The Morgan fingerprint density at radius 3 is 1.85 bits per heavy atom. The van der Waals surface area contributed by atoms with Gasteiger partial charge in [0.1, 0.15) is 5.60 Å². The lowest BCUT2D eigenvalue weighted by molar-refractivity contribution is -0.201. The number of halogens is 2. The van der Waals surface area contributed by atoms with Gasteiger partial charge < -0.3 is 4.74 Å². The lowest BCUT2D eigenvalue weighted by atomic mass is 9.54. The average Bonchev–Trinajstić information content (AvgIpc) is 2.24. The molecule has 0 aromatic carbocycles. The van der Waals surface area contributed by atoms with Gasteiger partial charge in [0, 0.05) is 0 Å². The quantitative estimate of drug-likeness (QED) is 0.798. The molecule has 5 nitrogen and oxygen atoms in total. The third kappa shape index (κ3) is 2.13. The van der Waals surface area contributed by atoms with E-state index in [1.807, 2.05) is 0 Å². The second-order valence-electron chi connectivity index (χ2n) is 6.55. The summed E-state index contributed by atoms with van der Waals surface area (Å²) in [5, 5.41) is -0.268. The number of carbonyl (C=O) groups excluding carboxylic acids is 1. The van der Waals surface area contributed by atoms with Gasteiger partial charge in [0.25, 0.3) is 10.0 Å². The van der Waals surface area contributed by atoms with Crippen LogP contribution in [0.25, 0.3) is 0 Å². The van der Waals surface area contributed by atoms with Crippen LogP contribution < -0.4 is 5.14 Å². The molecule has 114 valence electrons. The number of primary sulfonamides is 1. The van der Waals surface area contributed by atoms with Crippen LogP contribution in [0.5, 0.6) is 0 Å². The third-order valence-electron chi connectivity index (χ3n) is 4.89. The van der Waals surface area contributed by atoms with Crippen LogP contribution in [0.2, 0.25) is 0 Å². The van der Waals surface area contributed by atoms with Crippen LogP contribution in [0, 0.1) is 17.8 Å². The van der Waals surface area contributed by atoms with E-state index in [0.29, 0.717) is 37.0 Å². The molecule has 2 N–H and O–H groups in total. The van der Waals surface area contributed by atoms with E-state index in [9.17, 15) is 22.0 Å². The molecular formula is C12H17F2NO4S. The maximum Gasteiger partial charge on any atom is 0.454 e. The lowest BCUT2D eigenvalue weighted by Gasteiger charge is -2.55. The molecule has 0 atom stereocenters. The molecule has 4 fully saturated rings. The van der Waals surface area contributed by atoms with E-state index in [4.69, 9.17) is 4.74 Å². The fraction of sp³-hybridized carbons (Fsp3) is 0.917. The minimum absolute atomic E-state index is 0.400. The molecule has 20 heavy (non-hydrogen) atoms. The zero-order valence-electron chi connectivity index (χ0n) is 10.8. The van der Waals surface area contributed by atoms with Crippen LogP contribution >= 0.6 is 0 Å². The first-order valence-corrected chi connectivity index (χ1v) is 8.29. The van der Waals surface area contributed by atoms with Crippen molar-refractivity contribution in [2.75, 3.05) is 0 Å². The summed E-state index contributed by atoms with van der Waals surface area (Å²) >= 11 is 0. The molecule has 4 saturated carbocycles. The summed E-state index contributed by atoms with van der Waals surface area (Å²) in [4.78, 5) is 11.6. The standard InChI is InChI=1S/C12H17F2NO4S/c13-12(14,20(15,17)18)10(16)19-11-4-7-1-8(5-11)3-9(2-7)6-11/h7-9H,1-6H2,(H2,15,17,18). The number of nitrogens with two attached hydrogens (primary N) is 1. The van der Waals surface area contributed by atoms with E-state index in [2.05, 4.69) is 5.14 Å². The first-order chi connectivity index (χ1) is 9.11. The fourth-order valence-electron chi connectivity index (χ4n) is 4.53. The average molecular weight is 309 g/mol. The number of hydrogen-bond donors (Lipinski definition) is 1. The molecule has 0 radical (unpaired) electrons. The summed E-state index contributed by atoms with van der Waals surface area (Å²) < 4.78 is 53.5. The van der Waals surface area contributed by atoms with Crippen LogP contribution in [0.3, 0.4) is 0 Å². The van der Waals surface area contributed by atoms with Gasteiger partial charge in [-0.05, 0) is 56.3 Å². The van der Waals surface area contributed by atoms with E-state index < -0.39 is 26.8 Å². The number of ether oxygens (including phenoxy) is 1. The lowest BCUT2D eigenvalue weighted by Crippen LogP contribution is -2.55. The van der Waals surface area contributed by atoms with Gasteiger partial charge in [-0.3, -0.25) is 0 Å². The van der Waals surface area contributed by atoms with Gasteiger partial charge in [0.2, 0.25) is 0 Å². The summed E-state index contributed by atoms with van der Waals surface area (Å²) in [5.41, 5.74) is -0.903. The van der Waals surface area contributed by atoms with Crippen molar-refractivity contribution in [1.82, 2.24) is 0 Å². The van der Waals surface area contributed by atoms with Crippen molar-refractivity contribution in [2.45, 2.75) is 49.4 Å². The second-order valence-corrected chi connectivity index (χ2v) is 8.15. The van der Waals surface area contributed by atoms with E-state index in [0.717, 1.165) is 19.3 Å². The summed E-state index contributed by atoms with van der Waals surface area (Å²) in [6, 6.07) is 0. The summed E-state index contributed by atoms with van der Waals surface area (Å²) in [6.45, 7) is 0. The number of hydrogen-bond acceptors (Lipinski definition) is 4. The van der Waals surface area contributed by atoms with Crippen molar-refractivity contribution in [3.05, 3.63) is 0 Å². The van der Waals surface area contributed by atoms with Gasteiger partial charge >= 0.3 is 11.2 Å². The maximum atomic E-state index is 13.4. The number of alkyl halides is 2. The predicted molar refractivity (Wildman–Crippen MR) is 65.0 cm³/mol. The highest BCUT2D eigenvalue weighted by Gasteiger charge is 2.59. The molecule has 0 aromatic heterocycles. The summed E-state index contributed by atoms with van der Waals surface area (Å²) in [6.07, 6.45) is 4.86. The number of carbonyl (C=O) groups is 1. The molecule has 0 unspecified atom stereocenters. The molecule has 4 bridgehead atoms. The van der Waals surface area contributed by atoms with Gasteiger partial charge in [-0.2, -0.15) is 8.78 Å². The van der Waals surface area contributed by atoms with Gasteiger partial charge in [-0.1, -0.05) is 0 Å². The SMILES string of the molecule is NS(=O)(=O)C(F)(F)C(=O)OC12CC3CC(CC(C3)C1)C2. The normalized spacial score (nSPS) is 39.9. The smallest absolute Gasteiger partial charge is 0.454 e. The molecule has 0 amide bonds. The Hall–Kier alpha value is -0.760. The molecule has 0 aliphatic heterocycles. The predicted octanol–water partition coefficient (Wildman–Crippen LogP) is 1.38. The highest BCUT2D eigenvalue weighted by Crippen LogP contribution is 2.57. The molecule has 4 aliphatic carbocycles. The van der Waals surface area contributed by atoms with E-state index in [1.165, 1.54) is 0 Å². The Bertz CT molecular complexity index is 510. The third-order valence-corrected chi connectivity index (χ3v) is 5.77. The monoisotopic (exact) mass is 309 g/mol. The van der Waals surface area contributed by atoms with Crippen LogP contribution in [0.15, 0.2) is 0 Å². The highest BCUT2D eigenvalue weighted by atomic mass is 32.2. The highest BCUT2D eigenvalue weighted by molar-refractivity contribution is 7.91. The zero-order chi connectivity index (χ0) is 14.8. The van der Waals surface area contributed by atoms with Crippen LogP contribution in [0.4, 0.5) is 8.78 Å². The Morgan fingerprint density at radius 2 is 1.50 bits per heavy atom. The fourth-order valence-corrected chi connectivity index (χ4v) is 4.80. The van der Waals surface area contributed by atoms with Gasteiger partial charge in [0.05, 0.1) is 0 Å². The number of sulfonamides is 1. The first kappa shape index (κ1) is 14.2. The maximum absolute atomic E-state index is 13.4. The van der Waals surface area contributed by atoms with Gasteiger partial charge in [0.15, 0.2) is 0 Å². The molecule has 4 aliphatic rings. The molecule has 8 heteroatoms. The second kappa shape index (κ2) is 4.13. The van der Waals surface area contributed by atoms with Crippen molar-refractivity contribution in [1.29, 1.82) is 0 Å². The van der Waals surface area contributed by atoms with Gasteiger partial charge in [-0.25, -0.2) is 18.4 Å². The first-order valence-electron chi connectivity index (χ1n) is 6.75. The van der Waals surface area contributed by atoms with Crippen molar-refractivity contribution < 1.29 is 26.7 Å². The van der Waals surface area contributed by atoms with Crippen molar-refractivity contribution >= 4 is 16.0 Å². The largest absolute Gasteiger partial charge is 0.454 e. The van der Waals surface area contributed by atoms with Crippen molar-refractivity contribution in [3.8, 4) is 0 Å². The number of rotatable bonds is 3. The Labute approximate surface area is 115 Å². The molecule has 0 heterocycles. The minimum atomic E-state index is -5.29. The van der Waals surface area contributed by atoms with Gasteiger partial charge in [-0.15, -0.1) is 0 Å². The molecule has 0 aromatic rings. The summed E-state index contributed by atoms with van der Waals surface area (Å²) in [5.74, 6) is -0.826. The summed E-state index contributed by atoms with van der Waals surface area (Å²) in [7, 11) is -5.29. The zero-order valence-corrected chi connectivity index (χ0v) is 11.7. The minimum Gasteiger partial charge on any atom is -0.454 e.